The molecule has 4 N–H and O–H groups in total. The van der Waals surface area contributed by atoms with Crippen LogP contribution in [0, 0.1) is 19.7 Å². The van der Waals surface area contributed by atoms with Crippen LogP contribution in [0.2, 0.25) is 0 Å². The Bertz CT molecular complexity index is 1050. The first-order valence-corrected chi connectivity index (χ1v) is 8.19. The third kappa shape index (κ3) is 3.65. The van der Waals surface area contributed by atoms with Gasteiger partial charge in [0.05, 0.1) is 23.2 Å². The van der Waals surface area contributed by atoms with E-state index in [2.05, 4.69) is 25.8 Å². The van der Waals surface area contributed by atoms with Crippen LogP contribution in [0.1, 0.15) is 32.9 Å². The summed E-state index contributed by atoms with van der Waals surface area (Å²) >= 11 is 0. The summed E-state index contributed by atoms with van der Waals surface area (Å²) in [5, 5.41) is 21.3. The number of aryl methyl sites for hydroxylation is 1. The van der Waals surface area contributed by atoms with Gasteiger partial charge in [-0.1, -0.05) is 0 Å². The summed E-state index contributed by atoms with van der Waals surface area (Å²) in [6, 6.07) is 3.86. The van der Waals surface area contributed by atoms with Gasteiger partial charge in [0.2, 0.25) is 0 Å². The third-order valence-corrected chi connectivity index (χ3v) is 4.15. The van der Waals surface area contributed by atoms with Gasteiger partial charge < -0.3 is 20.7 Å². The summed E-state index contributed by atoms with van der Waals surface area (Å²) in [5.41, 5.74) is 2.60. The first-order chi connectivity index (χ1) is 13.3. The number of anilines is 1. The predicted molar refractivity (Wildman–Crippen MR) is 99.4 cm³/mol. The molecule has 2 amide bonds. The van der Waals surface area contributed by atoms with Crippen LogP contribution in [0.5, 0.6) is 0 Å². The average Bonchev–Trinajstić information content (AvgIpc) is 3.09. The van der Waals surface area contributed by atoms with E-state index in [0.29, 0.717) is 33.8 Å². The van der Waals surface area contributed by atoms with Crippen molar-refractivity contribution in [2.45, 2.75) is 13.8 Å². The number of aromatic amines is 1. The Kier molecular flexibility index (Phi) is 5.03. The number of nitrogens with zero attached hydrogens (tertiary/aromatic N) is 2. The molecule has 1 aliphatic rings. The Morgan fingerprint density at radius 1 is 1.32 bits per heavy atom. The summed E-state index contributed by atoms with van der Waals surface area (Å²) < 4.78 is 13.4. The van der Waals surface area contributed by atoms with Gasteiger partial charge in [-0.2, -0.15) is 5.10 Å². The summed E-state index contributed by atoms with van der Waals surface area (Å²) in [7, 11) is 0. The number of benzene rings is 1. The summed E-state index contributed by atoms with van der Waals surface area (Å²) in [5.74, 6) is -2.67. The number of carbonyl (C=O) groups is 3. The fourth-order valence-electron chi connectivity index (χ4n) is 2.86. The first kappa shape index (κ1) is 19.0. The number of aliphatic carboxylic acids is 1. The largest absolute Gasteiger partial charge is 0.480 e. The fraction of sp³-hybridized carbons (Fsp3) is 0.167. The molecule has 0 spiro atoms. The molecule has 2 heterocycles. The van der Waals surface area contributed by atoms with Crippen molar-refractivity contribution < 1.29 is 23.9 Å². The average molecular weight is 385 g/mol. The summed E-state index contributed by atoms with van der Waals surface area (Å²) in [4.78, 5) is 37.7. The highest BCUT2D eigenvalue weighted by molar-refractivity contribution is 6.53. The number of fused-ring (bicyclic) bond motifs is 1. The smallest absolute Gasteiger partial charge is 0.322 e. The minimum Gasteiger partial charge on any atom is -0.480 e. The maximum atomic E-state index is 13.4. The Hall–Kier alpha value is -3.82. The molecule has 0 atom stereocenters. The van der Waals surface area contributed by atoms with Gasteiger partial charge in [0.25, 0.3) is 11.8 Å². The molecule has 0 bridgehead atoms. The van der Waals surface area contributed by atoms with E-state index in [1.165, 1.54) is 24.4 Å². The molecular weight excluding hydrogens is 369 g/mol. The van der Waals surface area contributed by atoms with Crippen LogP contribution in [-0.4, -0.2) is 46.3 Å². The molecule has 3 rings (SSSR count). The quantitative estimate of drug-likeness (QED) is 0.456. The zero-order chi connectivity index (χ0) is 20.4. The summed E-state index contributed by atoms with van der Waals surface area (Å²) in [6.45, 7) is 2.83. The number of H-pyrrole nitrogens is 1. The molecule has 144 valence electrons. The van der Waals surface area contributed by atoms with E-state index in [0.717, 1.165) is 0 Å². The van der Waals surface area contributed by atoms with Gasteiger partial charge in [0, 0.05) is 11.3 Å². The lowest BCUT2D eigenvalue weighted by Gasteiger charge is -2.02. The zero-order valence-electron chi connectivity index (χ0n) is 15.0. The van der Waals surface area contributed by atoms with Crippen LogP contribution < -0.4 is 10.6 Å². The Balaban J connectivity index is 1.84. The lowest BCUT2D eigenvalue weighted by molar-refractivity contribution is -0.135. The second-order valence-electron chi connectivity index (χ2n) is 6.08. The topological polar surface area (TPSA) is 136 Å². The fourth-order valence-corrected chi connectivity index (χ4v) is 2.86. The Labute approximate surface area is 158 Å². The maximum absolute atomic E-state index is 13.4. The van der Waals surface area contributed by atoms with E-state index >= 15 is 0 Å². The molecule has 0 unspecified atom stereocenters. The van der Waals surface area contributed by atoms with E-state index in [1.807, 2.05) is 0 Å². The minimum atomic E-state index is -1.15. The third-order valence-electron chi connectivity index (χ3n) is 4.15. The first-order valence-electron chi connectivity index (χ1n) is 8.19. The molecule has 1 aromatic heterocycles. The highest BCUT2D eigenvalue weighted by Gasteiger charge is 2.26. The van der Waals surface area contributed by atoms with Crippen molar-refractivity contribution in [3.05, 3.63) is 52.1 Å². The number of rotatable bonds is 5. The van der Waals surface area contributed by atoms with Crippen LogP contribution >= 0.6 is 0 Å². The van der Waals surface area contributed by atoms with E-state index in [9.17, 15) is 18.8 Å². The molecule has 0 aliphatic carbocycles. The van der Waals surface area contributed by atoms with Crippen LogP contribution in [0.4, 0.5) is 10.1 Å². The molecule has 2 aromatic rings. The standard InChI is InChI=1S/C18H16FN5O4/c1-8-13(22-9(2)15(8)17(27)20-7-14(25)26)6-21-24-16-11-5-10(19)3-4-12(11)23-18(16)28/h3-6,22H,7H2,1-2H3,(H,20,27)(H,25,26)(H,23,24,28). The number of halogens is 1. The minimum absolute atomic E-state index is 0.0221. The molecular formula is C18H16FN5O4. The number of nitrogens with one attached hydrogen (secondary N) is 3. The molecule has 1 aromatic carbocycles. The molecule has 9 nitrogen and oxygen atoms in total. The normalized spacial score (nSPS) is 14.4. The Morgan fingerprint density at radius 2 is 2.07 bits per heavy atom. The van der Waals surface area contributed by atoms with Gasteiger partial charge in [-0.05, 0) is 37.6 Å². The molecule has 28 heavy (non-hydrogen) atoms. The van der Waals surface area contributed by atoms with E-state index < -0.39 is 30.1 Å². The zero-order valence-corrected chi connectivity index (χ0v) is 15.0. The van der Waals surface area contributed by atoms with Crippen molar-refractivity contribution >= 4 is 35.4 Å². The van der Waals surface area contributed by atoms with E-state index in [-0.39, 0.29) is 5.71 Å². The van der Waals surface area contributed by atoms with Crippen molar-refractivity contribution in [2.75, 3.05) is 11.9 Å². The molecule has 10 heteroatoms. The van der Waals surface area contributed by atoms with Crippen molar-refractivity contribution in [1.29, 1.82) is 0 Å². The van der Waals surface area contributed by atoms with Crippen molar-refractivity contribution in [1.82, 2.24) is 10.3 Å². The second kappa shape index (κ2) is 7.43. The van der Waals surface area contributed by atoms with Crippen molar-refractivity contribution in [3.63, 3.8) is 0 Å². The van der Waals surface area contributed by atoms with Crippen molar-refractivity contribution in [3.8, 4) is 0 Å². The van der Waals surface area contributed by atoms with Crippen LogP contribution in [0.25, 0.3) is 0 Å². The Morgan fingerprint density at radius 3 is 2.79 bits per heavy atom. The van der Waals surface area contributed by atoms with Gasteiger partial charge in [0.15, 0.2) is 5.71 Å². The lowest BCUT2D eigenvalue weighted by atomic mass is 10.1. The van der Waals surface area contributed by atoms with Gasteiger partial charge in [-0.3, -0.25) is 14.4 Å². The van der Waals surface area contributed by atoms with Crippen LogP contribution in [0.15, 0.2) is 28.4 Å². The number of carboxylic acids is 1. The predicted octanol–water partition coefficient (Wildman–Crippen LogP) is 1.36. The second-order valence-corrected chi connectivity index (χ2v) is 6.08. The van der Waals surface area contributed by atoms with Crippen LogP contribution in [0.3, 0.4) is 0 Å². The number of carbonyl (C=O) groups excluding carboxylic acids is 2. The number of hydrogen-bond acceptors (Lipinski definition) is 5. The SMILES string of the molecule is Cc1[nH]c(C=NN=C2C(=O)Nc3ccc(F)cc32)c(C)c1C(=O)NCC(=O)O. The monoisotopic (exact) mass is 385 g/mol. The lowest BCUT2D eigenvalue weighted by Crippen LogP contribution is -2.29. The molecule has 0 saturated heterocycles. The van der Waals surface area contributed by atoms with Gasteiger partial charge in [0.1, 0.15) is 12.4 Å². The maximum Gasteiger partial charge on any atom is 0.322 e. The number of aromatic nitrogens is 1. The van der Waals surface area contributed by atoms with E-state index in [1.54, 1.807) is 13.8 Å². The number of hydrogen-bond donors (Lipinski definition) is 4. The molecule has 0 radical (unpaired) electrons. The van der Waals surface area contributed by atoms with Gasteiger partial charge in [-0.25, -0.2) is 4.39 Å². The highest BCUT2D eigenvalue weighted by atomic mass is 19.1. The molecule has 1 aliphatic heterocycles. The summed E-state index contributed by atoms with van der Waals surface area (Å²) in [6.07, 6.45) is 1.33. The number of carboxylic acid groups (broad SMARTS) is 1. The molecule has 0 fully saturated rings. The highest BCUT2D eigenvalue weighted by Crippen LogP contribution is 2.24. The number of amides is 2. The van der Waals surface area contributed by atoms with Crippen molar-refractivity contribution in [2.24, 2.45) is 10.2 Å². The van der Waals surface area contributed by atoms with E-state index in [4.69, 9.17) is 5.11 Å². The molecule has 0 saturated carbocycles. The van der Waals surface area contributed by atoms with Gasteiger partial charge in [-0.15, -0.1) is 5.10 Å². The van der Waals surface area contributed by atoms with Crippen LogP contribution in [-0.2, 0) is 9.59 Å². The van der Waals surface area contributed by atoms with Gasteiger partial charge >= 0.3 is 5.97 Å².